The summed E-state index contributed by atoms with van der Waals surface area (Å²) in [5.41, 5.74) is 1.37. The van der Waals surface area contributed by atoms with Gasteiger partial charge in [0.05, 0.1) is 5.02 Å². The first-order valence-corrected chi connectivity index (χ1v) is 7.30. The van der Waals surface area contributed by atoms with E-state index in [-0.39, 0.29) is 11.8 Å². The Bertz CT molecular complexity index is 575. The Morgan fingerprint density at radius 3 is 2.67 bits per heavy atom. The lowest BCUT2D eigenvalue weighted by Gasteiger charge is -2.29. The van der Waals surface area contributed by atoms with E-state index in [4.69, 9.17) is 16.3 Å². The number of rotatable bonds is 1. The molecule has 0 fully saturated rings. The number of phenols is 1. The molecule has 4 nitrogen and oxygen atoms in total. The SMILES string of the molecule is CC(C)(C)OC(=O)N1CC=C(c2cccc(O)c2Cl)CC1. The molecule has 0 bridgehead atoms. The Hall–Kier alpha value is -1.68. The van der Waals surface area contributed by atoms with Crippen molar-refractivity contribution < 1.29 is 14.6 Å². The summed E-state index contributed by atoms with van der Waals surface area (Å²) < 4.78 is 5.35. The van der Waals surface area contributed by atoms with Gasteiger partial charge < -0.3 is 14.7 Å². The molecule has 0 atom stereocenters. The number of carbonyl (C=O) groups is 1. The summed E-state index contributed by atoms with van der Waals surface area (Å²) in [5.74, 6) is 0.0737. The zero-order valence-corrected chi connectivity index (χ0v) is 13.3. The van der Waals surface area contributed by atoms with Crippen LogP contribution in [0.1, 0.15) is 32.8 Å². The van der Waals surface area contributed by atoms with Crippen molar-refractivity contribution in [3.8, 4) is 5.75 Å². The predicted molar refractivity (Wildman–Crippen MR) is 83.5 cm³/mol. The highest BCUT2D eigenvalue weighted by Gasteiger charge is 2.24. The smallest absolute Gasteiger partial charge is 0.410 e. The molecule has 1 heterocycles. The van der Waals surface area contributed by atoms with Gasteiger partial charge in [-0.3, -0.25) is 0 Å². The van der Waals surface area contributed by atoms with Crippen LogP contribution in [0.5, 0.6) is 5.75 Å². The van der Waals surface area contributed by atoms with Gasteiger partial charge in [0.15, 0.2) is 0 Å². The summed E-state index contributed by atoms with van der Waals surface area (Å²) in [6, 6.07) is 5.19. The van der Waals surface area contributed by atoms with E-state index in [0.717, 1.165) is 11.1 Å². The van der Waals surface area contributed by atoms with E-state index in [1.54, 1.807) is 17.0 Å². The van der Waals surface area contributed by atoms with Crippen LogP contribution in [0.15, 0.2) is 24.3 Å². The van der Waals surface area contributed by atoms with Crippen LogP contribution in [-0.2, 0) is 4.74 Å². The summed E-state index contributed by atoms with van der Waals surface area (Å²) in [6.45, 7) is 6.61. The summed E-state index contributed by atoms with van der Waals surface area (Å²) in [5, 5.41) is 10.0. The summed E-state index contributed by atoms with van der Waals surface area (Å²) in [6.07, 6.45) is 2.33. The predicted octanol–water partition coefficient (Wildman–Crippen LogP) is 4.07. The Labute approximate surface area is 130 Å². The van der Waals surface area contributed by atoms with Crippen molar-refractivity contribution in [3.63, 3.8) is 0 Å². The van der Waals surface area contributed by atoms with E-state index in [2.05, 4.69) is 0 Å². The normalized spacial score (nSPS) is 15.6. The summed E-state index contributed by atoms with van der Waals surface area (Å²) in [4.78, 5) is 13.6. The van der Waals surface area contributed by atoms with Crippen molar-refractivity contribution in [3.05, 3.63) is 34.9 Å². The molecule has 1 aliphatic heterocycles. The Kier molecular flexibility index (Phi) is 4.47. The molecular formula is C16H20ClNO3. The number of carbonyl (C=O) groups excluding carboxylic acids is 1. The van der Waals surface area contributed by atoms with Gasteiger partial charge in [-0.1, -0.05) is 29.8 Å². The van der Waals surface area contributed by atoms with E-state index in [9.17, 15) is 9.90 Å². The molecule has 1 aliphatic rings. The molecule has 5 heteroatoms. The molecule has 2 rings (SSSR count). The van der Waals surface area contributed by atoms with Crippen LogP contribution in [-0.4, -0.2) is 34.8 Å². The lowest BCUT2D eigenvalue weighted by Crippen LogP contribution is -2.39. The van der Waals surface area contributed by atoms with E-state index in [0.29, 0.717) is 24.5 Å². The molecule has 1 aromatic carbocycles. The van der Waals surface area contributed by atoms with Crippen molar-refractivity contribution in [2.24, 2.45) is 0 Å². The number of ether oxygens (including phenoxy) is 1. The minimum absolute atomic E-state index is 0.0737. The zero-order chi connectivity index (χ0) is 15.6. The number of amides is 1. The molecule has 21 heavy (non-hydrogen) atoms. The van der Waals surface area contributed by atoms with Gasteiger partial charge in [-0.05, 0) is 44.4 Å². The molecule has 0 saturated carbocycles. The van der Waals surface area contributed by atoms with Gasteiger partial charge in [-0.15, -0.1) is 0 Å². The van der Waals surface area contributed by atoms with Gasteiger partial charge in [0.2, 0.25) is 0 Å². The first-order chi connectivity index (χ1) is 9.78. The number of hydrogen-bond donors (Lipinski definition) is 1. The van der Waals surface area contributed by atoms with Crippen molar-refractivity contribution in [1.29, 1.82) is 0 Å². The summed E-state index contributed by atoms with van der Waals surface area (Å²) >= 11 is 6.12. The third kappa shape index (κ3) is 3.91. The topological polar surface area (TPSA) is 49.8 Å². The Morgan fingerprint density at radius 2 is 2.10 bits per heavy atom. The third-order valence-electron chi connectivity index (χ3n) is 3.19. The van der Waals surface area contributed by atoms with E-state index in [1.165, 1.54) is 0 Å². The minimum Gasteiger partial charge on any atom is -0.506 e. The van der Waals surface area contributed by atoms with Crippen LogP contribution >= 0.6 is 11.6 Å². The maximum Gasteiger partial charge on any atom is 0.410 e. The van der Waals surface area contributed by atoms with Crippen molar-refractivity contribution in [2.45, 2.75) is 32.8 Å². The number of aromatic hydroxyl groups is 1. The van der Waals surface area contributed by atoms with E-state index in [1.807, 2.05) is 32.9 Å². The highest BCUT2D eigenvalue weighted by molar-refractivity contribution is 6.33. The number of hydrogen-bond acceptors (Lipinski definition) is 3. The molecule has 0 unspecified atom stereocenters. The Morgan fingerprint density at radius 1 is 1.38 bits per heavy atom. The maximum atomic E-state index is 12.0. The molecule has 114 valence electrons. The van der Waals surface area contributed by atoms with Crippen molar-refractivity contribution >= 4 is 23.3 Å². The van der Waals surface area contributed by atoms with Crippen molar-refractivity contribution in [2.75, 3.05) is 13.1 Å². The second-order valence-electron chi connectivity index (χ2n) is 6.04. The maximum absolute atomic E-state index is 12.0. The van der Waals surface area contributed by atoms with Crippen LogP contribution in [0.2, 0.25) is 5.02 Å². The molecule has 1 amide bonds. The van der Waals surface area contributed by atoms with Gasteiger partial charge in [0, 0.05) is 13.1 Å². The van der Waals surface area contributed by atoms with Crippen molar-refractivity contribution in [1.82, 2.24) is 4.90 Å². The van der Waals surface area contributed by atoms with Gasteiger partial charge in [-0.2, -0.15) is 0 Å². The largest absolute Gasteiger partial charge is 0.506 e. The van der Waals surface area contributed by atoms with Crippen LogP contribution in [0.25, 0.3) is 5.57 Å². The average Bonchev–Trinajstić information content (AvgIpc) is 2.40. The lowest BCUT2D eigenvalue weighted by molar-refractivity contribution is 0.0270. The second-order valence-corrected chi connectivity index (χ2v) is 6.42. The fraction of sp³-hybridized carbons (Fsp3) is 0.438. The highest BCUT2D eigenvalue weighted by Crippen LogP contribution is 2.34. The second kappa shape index (κ2) is 5.98. The molecule has 0 aliphatic carbocycles. The van der Waals surface area contributed by atoms with Crippen LogP contribution in [0, 0.1) is 0 Å². The molecule has 1 aromatic rings. The number of nitrogens with zero attached hydrogens (tertiary/aromatic N) is 1. The van der Waals surface area contributed by atoms with E-state index < -0.39 is 5.60 Å². The molecule has 0 spiro atoms. The van der Waals surface area contributed by atoms with Gasteiger partial charge in [-0.25, -0.2) is 4.79 Å². The molecule has 0 aromatic heterocycles. The van der Waals surface area contributed by atoms with E-state index >= 15 is 0 Å². The first-order valence-electron chi connectivity index (χ1n) is 6.93. The first kappa shape index (κ1) is 15.7. The number of phenolic OH excluding ortho intramolecular Hbond substituents is 1. The van der Waals surface area contributed by atoms with Gasteiger partial charge >= 0.3 is 6.09 Å². The fourth-order valence-corrected chi connectivity index (χ4v) is 2.42. The zero-order valence-electron chi connectivity index (χ0n) is 12.5. The molecule has 0 radical (unpaired) electrons. The molecule has 1 N–H and O–H groups in total. The minimum atomic E-state index is -0.490. The average molecular weight is 310 g/mol. The Balaban J connectivity index is 2.09. The van der Waals surface area contributed by atoms with Crippen LogP contribution < -0.4 is 0 Å². The van der Waals surface area contributed by atoms with Crippen LogP contribution in [0.4, 0.5) is 4.79 Å². The highest BCUT2D eigenvalue weighted by atomic mass is 35.5. The number of halogens is 1. The molecule has 0 saturated heterocycles. The standard InChI is InChI=1S/C16H20ClNO3/c1-16(2,3)21-15(20)18-9-7-11(8-10-18)12-5-4-6-13(19)14(12)17/h4-7,19H,8-10H2,1-3H3. The third-order valence-corrected chi connectivity index (χ3v) is 3.58. The van der Waals surface area contributed by atoms with Gasteiger partial charge in [0.1, 0.15) is 11.4 Å². The van der Waals surface area contributed by atoms with Crippen LogP contribution in [0.3, 0.4) is 0 Å². The number of benzene rings is 1. The fourth-order valence-electron chi connectivity index (χ4n) is 2.17. The summed E-state index contributed by atoms with van der Waals surface area (Å²) in [7, 11) is 0. The lowest BCUT2D eigenvalue weighted by atomic mass is 9.99. The quantitative estimate of drug-likeness (QED) is 0.850. The van der Waals surface area contributed by atoms with Gasteiger partial charge in [0.25, 0.3) is 0 Å². The monoisotopic (exact) mass is 309 g/mol. The molecular weight excluding hydrogens is 290 g/mol.